The van der Waals surface area contributed by atoms with Gasteiger partial charge in [-0.3, -0.25) is 9.69 Å². The van der Waals surface area contributed by atoms with Crippen LogP contribution in [0, 0.1) is 6.92 Å². The number of hydrogen-bond donors (Lipinski definition) is 1. The first kappa shape index (κ1) is 32.2. The number of ether oxygens (including phenoxy) is 1. The van der Waals surface area contributed by atoms with Crippen molar-refractivity contribution < 1.29 is 22.7 Å². The zero-order valence-electron chi connectivity index (χ0n) is 26.3. The number of fused-ring (bicyclic) bond motifs is 1. The number of carbonyl (C=O) groups is 2. The first-order valence-corrected chi connectivity index (χ1v) is 17.4. The SMILES string of the molecule is CCOc1ccccc1C1(NC(=O)N2CCN(C3CCN(C)CC3)CC2)C(=O)N(S(=O)(=O)c2ccc(C)cn2)c2ccc(Cl)cc21. The maximum absolute atomic E-state index is 14.9. The molecule has 4 heterocycles. The highest BCUT2D eigenvalue weighted by Gasteiger charge is 2.59. The van der Waals surface area contributed by atoms with Crippen molar-refractivity contribution in [2.24, 2.45) is 0 Å². The molecule has 3 aliphatic rings. The number of halogens is 1. The van der Waals surface area contributed by atoms with Crippen molar-refractivity contribution in [3.63, 3.8) is 0 Å². The van der Waals surface area contributed by atoms with Gasteiger partial charge >= 0.3 is 6.03 Å². The Morgan fingerprint density at radius 1 is 1.02 bits per heavy atom. The monoisotopic (exact) mass is 666 g/mol. The third kappa shape index (κ3) is 5.72. The number of aryl methyl sites for hydroxylation is 1. The summed E-state index contributed by atoms with van der Waals surface area (Å²) in [6.45, 7) is 8.34. The lowest BCUT2D eigenvalue weighted by Crippen LogP contribution is -2.61. The van der Waals surface area contributed by atoms with Crippen LogP contribution < -0.4 is 14.4 Å². The summed E-state index contributed by atoms with van der Waals surface area (Å²) in [6, 6.07) is 14.4. The van der Waals surface area contributed by atoms with Crippen LogP contribution in [-0.4, -0.2) is 99.0 Å². The number of para-hydroxylation sites is 1. The minimum absolute atomic E-state index is 0.0791. The van der Waals surface area contributed by atoms with Crippen molar-refractivity contribution >= 4 is 39.2 Å². The molecule has 3 amide bonds. The van der Waals surface area contributed by atoms with Gasteiger partial charge in [-0.05, 0) is 82.7 Å². The number of aromatic nitrogens is 1. The molecule has 13 heteroatoms. The number of urea groups is 1. The number of nitrogens with one attached hydrogen (secondary N) is 1. The summed E-state index contributed by atoms with van der Waals surface area (Å²) in [6.07, 6.45) is 3.61. The van der Waals surface area contributed by atoms with E-state index in [1.165, 1.54) is 30.5 Å². The van der Waals surface area contributed by atoms with E-state index in [9.17, 15) is 18.0 Å². The number of pyridine rings is 1. The molecule has 2 aromatic carbocycles. The molecule has 0 radical (unpaired) electrons. The second kappa shape index (κ2) is 12.8. The number of nitrogens with zero attached hydrogens (tertiary/aromatic N) is 5. The molecular formula is C33H39ClN6O5S. The van der Waals surface area contributed by atoms with Gasteiger partial charge in [0.15, 0.2) is 10.6 Å². The van der Waals surface area contributed by atoms with Gasteiger partial charge in [0, 0.05) is 54.6 Å². The van der Waals surface area contributed by atoms with Crippen LogP contribution in [0.25, 0.3) is 0 Å². The summed E-state index contributed by atoms with van der Waals surface area (Å²) in [5.74, 6) is -0.540. The van der Waals surface area contributed by atoms with E-state index < -0.39 is 27.5 Å². The molecule has 3 aliphatic heterocycles. The Morgan fingerprint density at radius 3 is 2.41 bits per heavy atom. The van der Waals surface area contributed by atoms with Crippen LogP contribution in [0.1, 0.15) is 36.5 Å². The molecule has 46 heavy (non-hydrogen) atoms. The number of sulfonamides is 1. The van der Waals surface area contributed by atoms with Gasteiger partial charge in [0.25, 0.3) is 15.9 Å². The Hall–Kier alpha value is -3.71. The molecule has 1 N–H and O–H groups in total. The van der Waals surface area contributed by atoms with Crippen molar-refractivity contribution in [3.8, 4) is 5.75 Å². The number of anilines is 1. The standard InChI is InChI=1S/C33H39ClN6O5S/c1-4-45-29-8-6-5-7-26(29)33(36-32(42)39-19-17-38(18-20-39)25-13-15-37(3)16-14-25)27-21-24(34)10-11-28(27)40(31(33)41)46(43,44)30-12-9-23(2)22-35-30/h5-12,21-22,25H,4,13-20H2,1-3H3,(H,36,42). The molecule has 1 atom stereocenters. The minimum Gasteiger partial charge on any atom is -0.493 e. The van der Waals surface area contributed by atoms with Crippen LogP contribution in [0.5, 0.6) is 5.75 Å². The summed E-state index contributed by atoms with van der Waals surface area (Å²) in [5, 5.41) is 3.00. The Labute approximate surface area is 275 Å². The highest BCUT2D eigenvalue weighted by atomic mass is 35.5. The molecule has 2 fully saturated rings. The smallest absolute Gasteiger partial charge is 0.318 e. The van der Waals surface area contributed by atoms with Crippen molar-refractivity contribution in [1.29, 1.82) is 0 Å². The first-order valence-electron chi connectivity index (χ1n) is 15.6. The lowest BCUT2D eigenvalue weighted by molar-refractivity contribution is -0.121. The number of amides is 3. The normalized spacial score (nSPS) is 21.3. The summed E-state index contributed by atoms with van der Waals surface area (Å²) < 4.78 is 35.0. The van der Waals surface area contributed by atoms with Crippen LogP contribution in [-0.2, 0) is 20.4 Å². The average molecular weight is 667 g/mol. The van der Waals surface area contributed by atoms with Gasteiger partial charge in [-0.15, -0.1) is 0 Å². The molecule has 3 aromatic rings. The second-order valence-corrected chi connectivity index (χ2v) is 14.2. The van der Waals surface area contributed by atoms with E-state index in [0.29, 0.717) is 43.5 Å². The number of rotatable bonds is 7. The number of likely N-dealkylation sites (tertiary alicyclic amines) is 1. The molecule has 6 rings (SSSR count). The van der Waals surface area contributed by atoms with Gasteiger partial charge in [0.2, 0.25) is 0 Å². The average Bonchev–Trinajstić information content (AvgIpc) is 3.29. The predicted octanol–water partition coefficient (Wildman–Crippen LogP) is 3.84. The fraction of sp³-hybridized carbons (Fsp3) is 0.424. The summed E-state index contributed by atoms with van der Waals surface area (Å²) in [7, 11) is -2.37. The molecular weight excluding hydrogens is 628 g/mol. The van der Waals surface area contributed by atoms with E-state index in [1.807, 2.05) is 6.92 Å². The van der Waals surface area contributed by atoms with Crippen LogP contribution >= 0.6 is 11.6 Å². The highest BCUT2D eigenvalue weighted by molar-refractivity contribution is 7.93. The zero-order valence-corrected chi connectivity index (χ0v) is 27.9. The Kier molecular flexibility index (Phi) is 8.99. The first-order chi connectivity index (χ1) is 22.1. The van der Waals surface area contributed by atoms with E-state index in [1.54, 1.807) is 42.2 Å². The van der Waals surface area contributed by atoms with Crippen LogP contribution in [0.3, 0.4) is 0 Å². The van der Waals surface area contributed by atoms with E-state index in [0.717, 1.165) is 35.8 Å². The second-order valence-electron chi connectivity index (χ2n) is 12.1. The van der Waals surface area contributed by atoms with Crippen molar-refractivity contribution in [2.45, 2.75) is 43.3 Å². The molecule has 0 spiro atoms. The van der Waals surface area contributed by atoms with Crippen LogP contribution in [0.4, 0.5) is 10.5 Å². The quantitative estimate of drug-likeness (QED) is 0.405. The Morgan fingerprint density at radius 2 is 1.74 bits per heavy atom. The number of piperidine rings is 1. The van der Waals surface area contributed by atoms with Gasteiger partial charge in [0.05, 0.1) is 12.3 Å². The third-order valence-electron chi connectivity index (χ3n) is 9.17. The van der Waals surface area contributed by atoms with Crippen LogP contribution in [0.2, 0.25) is 5.02 Å². The number of hydrogen-bond acceptors (Lipinski definition) is 8. The van der Waals surface area contributed by atoms with Crippen LogP contribution in [0.15, 0.2) is 65.8 Å². The molecule has 2 saturated heterocycles. The van der Waals surface area contributed by atoms with Gasteiger partial charge in [-0.2, -0.15) is 12.7 Å². The number of piperazine rings is 1. The highest BCUT2D eigenvalue weighted by Crippen LogP contribution is 2.50. The molecule has 244 valence electrons. The zero-order chi connectivity index (χ0) is 32.6. The lowest BCUT2D eigenvalue weighted by Gasteiger charge is -2.43. The molecule has 0 aliphatic carbocycles. The number of carbonyl (C=O) groups excluding carboxylic acids is 2. The summed E-state index contributed by atoms with van der Waals surface area (Å²) in [5.41, 5.74) is -0.590. The maximum Gasteiger partial charge on any atom is 0.318 e. The molecule has 1 unspecified atom stereocenters. The summed E-state index contributed by atoms with van der Waals surface area (Å²) in [4.78, 5) is 39.7. The molecule has 11 nitrogen and oxygen atoms in total. The van der Waals surface area contributed by atoms with E-state index in [2.05, 4.69) is 27.1 Å². The van der Waals surface area contributed by atoms with E-state index >= 15 is 0 Å². The van der Waals surface area contributed by atoms with E-state index in [4.69, 9.17) is 16.3 Å². The molecule has 0 bridgehead atoms. The van der Waals surface area contributed by atoms with Gasteiger partial charge in [0.1, 0.15) is 5.75 Å². The molecule has 0 saturated carbocycles. The predicted molar refractivity (Wildman–Crippen MR) is 176 cm³/mol. The van der Waals surface area contributed by atoms with E-state index in [-0.39, 0.29) is 27.9 Å². The van der Waals surface area contributed by atoms with Crippen molar-refractivity contribution in [2.75, 3.05) is 57.2 Å². The van der Waals surface area contributed by atoms with Gasteiger partial charge < -0.3 is 19.9 Å². The lowest BCUT2D eigenvalue weighted by atomic mass is 9.83. The summed E-state index contributed by atoms with van der Waals surface area (Å²) >= 11 is 6.51. The van der Waals surface area contributed by atoms with Crippen molar-refractivity contribution in [1.82, 2.24) is 25.0 Å². The van der Waals surface area contributed by atoms with Gasteiger partial charge in [-0.1, -0.05) is 35.9 Å². The third-order valence-corrected chi connectivity index (χ3v) is 11.0. The fourth-order valence-corrected chi connectivity index (χ4v) is 8.26. The maximum atomic E-state index is 14.9. The molecule has 1 aromatic heterocycles. The Balaban J connectivity index is 1.41. The fourth-order valence-electron chi connectivity index (χ4n) is 6.70. The largest absolute Gasteiger partial charge is 0.493 e. The van der Waals surface area contributed by atoms with Gasteiger partial charge in [-0.25, -0.2) is 9.78 Å². The van der Waals surface area contributed by atoms with Crippen molar-refractivity contribution in [3.05, 3.63) is 82.5 Å². The topological polar surface area (TPSA) is 115 Å². The minimum atomic E-state index is -4.51. The Bertz CT molecular complexity index is 1720. The number of benzene rings is 2.